The quantitative estimate of drug-likeness (QED) is 0.591. The summed E-state index contributed by atoms with van der Waals surface area (Å²) in [4.78, 5) is 0. The van der Waals surface area contributed by atoms with Gasteiger partial charge in [0.2, 0.25) is 0 Å². The molecule has 0 aromatic carbocycles. The van der Waals surface area contributed by atoms with Crippen LogP contribution in [0.15, 0.2) is 0 Å². The highest BCUT2D eigenvalue weighted by Crippen LogP contribution is 2.22. The highest BCUT2D eigenvalue weighted by molar-refractivity contribution is 7.86. The molecular weight excluding hydrogens is 171 g/mol. The fraction of sp³-hybridized carbons (Fsp3) is 1.00. The maximum absolute atomic E-state index is 12.1. The molecule has 0 aromatic heterocycles. The van der Waals surface area contributed by atoms with E-state index in [1.54, 1.807) is 6.92 Å². The Labute approximate surface area is 65.8 Å². The summed E-state index contributed by atoms with van der Waals surface area (Å²) in [5.41, 5.74) is 0. The van der Waals surface area contributed by atoms with E-state index in [1.807, 2.05) is 0 Å². The van der Waals surface area contributed by atoms with E-state index in [0.717, 1.165) is 0 Å². The van der Waals surface area contributed by atoms with Crippen LogP contribution in [0.2, 0.25) is 0 Å². The van der Waals surface area contributed by atoms with Crippen molar-refractivity contribution in [1.82, 2.24) is 0 Å². The average Bonchev–Trinajstić information content (AvgIpc) is 2.12. The Morgan fingerprint density at radius 3 is 2.64 bits per heavy atom. The van der Waals surface area contributed by atoms with Gasteiger partial charge in [-0.25, -0.2) is 0 Å². The zero-order valence-electron chi connectivity index (χ0n) is 6.29. The number of hydrogen-bond acceptors (Lipinski definition) is 3. The van der Waals surface area contributed by atoms with Crippen LogP contribution in [-0.4, -0.2) is 26.9 Å². The van der Waals surface area contributed by atoms with Crippen molar-refractivity contribution in [2.45, 2.75) is 19.4 Å². The topological polar surface area (TPSA) is 43.4 Å². The summed E-state index contributed by atoms with van der Waals surface area (Å²) in [7, 11) is -4.32. The van der Waals surface area contributed by atoms with Gasteiger partial charge in [-0.1, -0.05) is 0 Å². The molecule has 0 N–H and O–H groups in total. The Morgan fingerprint density at radius 2 is 2.27 bits per heavy atom. The van der Waals surface area contributed by atoms with Gasteiger partial charge in [0.1, 0.15) is 0 Å². The van der Waals surface area contributed by atoms with Crippen molar-refractivity contribution in [2.24, 2.45) is 5.92 Å². The molecule has 1 aliphatic heterocycles. The number of hydrogen-bond donors (Lipinski definition) is 0. The van der Waals surface area contributed by atoms with Crippen molar-refractivity contribution >= 4 is 10.2 Å². The third-order valence-corrected chi connectivity index (χ3v) is 2.77. The van der Waals surface area contributed by atoms with Crippen LogP contribution in [0.3, 0.4) is 0 Å². The molecule has 1 fully saturated rings. The van der Waals surface area contributed by atoms with E-state index < -0.39 is 16.0 Å². The minimum atomic E-state index is -4.32. The van der Waals surface area contributed by atoms with E-state index in [4.69, 9.17) is 4.74 Å². The molecule has 66 valence electrons. The van der Waals surface area contributed by atoms with E-state index >= 15 is 0 Å². The minimum Gasteiger partial charge on any atom is -0.378 e. The molecule has 0 amide bonds. The van der Waals surface area contributed by atoms with Gasteiger partial charge in [-0.15, -0.1) is 3.89 Å². The molecule has 1 rings (SSSR count). The van der Waals surface area contributed by atoms with Gasteiger partial charge in [-0.2, -0.15) is 8.42 Å². The summed E-state index contributed by atoms with van der Waals surface area (Å²) >= 11 is 0. The van der Waals surface area contributed by atoms with Crippen LogP contribution >= 0.6 is 0 Å². The summed E-state index contributed by atoms with van der Waals surface area (Å²) in [6.07, 6.45) is 0.519. The number of rotatable bonds is 2. The second-order valence-electron chi connectivity index (χ2n) is 2.83. The van der Waals surface area contributed by atoms with Crippen molar-refractivity contribution in [2.75, 3.05) is 12.4 Å². The van der Waals surface area contributed by atoms with Crippen LogP contribution < -0.4 is 0 Å². The Morgan fingerprint density at radius 1 is 1.64 bits per heavy atom. The Kier molecular flexibility index (Phi) is 2.49. The molecule has 11 heavy (non-hydrogen) atoms. The summed E-state index contributed by atoms with van der Waals surface area (Å²) in [5, 5.41) is 0. The van der Waals surface area contributed by atoms with Gasteiger partial charge in [0.05, 0.1) is 11.9 Å². The molecule has 0 radical (unpaired) electrons. The summed E-state index contributed by atoms with van der Waals surface area (Å²) in [5.74, 6) is -0.557. The van der Waals surface area contributed by atoms with E-state index in [9.17, 15) is 12.3 Å². The van der Waals surface area contributed by atoms with Gasteiger partial charge >= 0.3 is 10.2 Å². The molecule has 1 heterocycles. The van der Waals surface area contributed by atoms with Crippen molar-refractivity contribution in [3.05, 3.63) is 0 Å². The average molecular weight is 182 g/mol. The molecule has 0 aliphatic carbocycles. The van der Waals surface area contributed by atoms with Gasteiger partial charge in [-0.3, -0.25) is 0 Å². The monoisotopic (exact) mass is 182 g/mol. The Bertz CT molecular complexity index is 224. The Hall–Kier alpha value is -0.160. The predicted octanol–water partition coefficient (Wildman–Crippen LogP) is 0.711. The lowest BCUT2D eigenvalue weighted by atomic mass is 10.1. The molecule has 2 atom stereocenters. The lowest BCUT2D eigenvalue weighted by molar-refractivity contribution is 0.110. The van der Waals surface area contributed by atoms with E-state index in [-0.39, 0.29) is 12.0 Å². The molecule has 3 nitrogen and oxygen atoms in total. The van der Waals surface area contributed by atoms with Gasteiger partial charge in [0.15, 0.2) is 0 Å². The predicted molar refractivity (Wildman–Crippen MR) is 38.4 cm³/mol. The van der Waals surface area contributed by atoms with Gasteiger partial charge < -0.3 is 4.74 Å². The molecular formula is C6H11FO3S. The Balaban J connectivity index is 2.50. The van der Waals surface area contributed by atoms with Crippen LogP contribution in [0.5, 0.6) is 0 Å². The zero-order valence-corrected chi connectivity index (χ0v) is 7.10. The lowest BCUT2D eigenvalue weighted by Gasteiger charge is -2.09. The summed E-state index contributed by atoms with van der Waals surface area (Å²) < 4.78 is 37.6. The fourth-order valence-electron chi connectivity index (χ4n) is 1.25. The second kappa shape index (κ2) is 3.06. The van der Waals surface area contributed by atoms with Crippen molar-refractivity contribution in [3.8, 4) is 0 Å². The van der Waals surface area contributed by atoms with Crippen molar-refractivity contribution < 1.29 is 17.0 Å². The van der Waals surface area contributed by atoms with Crippen LogP contribution in [0.4, 0.5) is 3.89 Å². The van der Waals surface area contributed by atoms with Crippen molar-refractivity contribution in [1.29, 1.82) is 0 Å². The first-order valence-electron chi connectivity index (χ1n) is 3.53. The fourth-order valence-corrected chi connectivity index (χ4v) is 2.20. The smallest absolute Gasteiger partial charge is 0.302 e. The van der Waals surface area contributed by atoms with E-state index in [0.29, 0.717) is 13.0 Å². The van der Waals surface area contributed by atoms with E-state index in [2.05, 4.69) is 0 Å². The number of halogens is 1. The van der Waals surface area contributed by atoms with Gasteiger partial charge in [0, 0.05) is 12.5 Å². The molecule has 0 aromatic rings. The van der Waals surface area contributed by atoms with E-state index in [1.165, 1.54) is 0 Å². The normalized spacial score (nSPS) is 32.5. The first-order valence-corrected chi connectivity index (χ1v) is 5.08. The van der Waals surface area contributed by atoms with Crippen LogP contribution in [0, 0.1) is 5.92 Å². The van der Waals surface area contributed by atoms with Crippen LogP contribution in [-0.2, 0) is 15.0 Å². The highest BCUT2D eigenvalue weighted by Gasteiger charge is 2.28. The first-order chi connectivity index (χ1) is 4.99. The molecule has 1 aliphatic rings. The van der Waals surface area contributed by atoms with Crippen LogP contribution in [0.25, 0.3) is 0 Å². The molecule has 0 bridgehead atoms. The molecule has 0 spiro atoms. The SMILES string of the molecule is CC1OCCC1CS(=O)(=O)F. The second-order valence-corrected chi connectivity index (χ2v) is 4.24. The molecule has 0 saturated carbocycles. The maximum atomic E-state index is 12.1. The lowest BCUT2D eigenvalue weighted by Crippen LogP contribution is -2.19. The number of ether oxygens (including phenoxy) is 1. The third kappa shape index (κ3) is 2.75. The standard InChI is InChI=1S/C6H11FO3S/c1-5-6(2-3-10-5)4-11(7,8)9/h5-6H,2-4H2,1H3. The van der Waals surface area contributed by atoms with Crippen LogP contribution in [0.1, 0.15) is 13.3 Å². The maximum Gasteiger partial charge on any atom is 0.302 e. The molecule has 1 saturated heterocycles. The van der Waals surface area contributed by atoms with Crippen molar-refractivity contribution in [3.63, 3.8) is 0 Å². The molecule has 2 unspecified atom stereocenters. The first kappa shape index (κ1) is 8.93. The largest absolute Gasteiger partial charge is 0.378 e. The summed E-state index contributed by atoms with van der Waals surface area (Å²) in [6, 6.07) is 0. The molecule has 5 heteroatoms. The highest BCUT2D eigenvalue weighted by atomic mass is 32.3. The summed E-state index contributed by atoms with van der Waals surface area (Å²) in [6.45, 7) is 2.31. The van der Waals surface area contributed by atoms with Gasteiger partial charge in [-0.05, 0) is 13.3 Å². The zero-order chi connectivity index (χ0) is 8.48. The third-order valence-electron chi connectivity index (χ3n) is 1.95. The van der Waals surface area contributed by atoms with Gasteiger partial charge in [0.25, 0.3) is 0 Å². The minimum absolute atomic E-state index is 0.125.